The Morgan fingerprint density at radius 3 is 2.41 bits per heavy atom. The minimum atomic E-state index is -0.653. The van der Waals surface area contributed by atoms with Gasteiger partial charge in [-0.3, -0.25) is 14.9 Å². The Morgan fingerprint density at radius 1 is 1.03 bits per heavy atom. The summed E-state index contributed by atoms with van der Waals surface area (Å²) in [7, 11) is 1.57. The summed E-state index contributed by atoms with van der Waals surface area (Å²) in [5.74, 6) is 0.504. The van der Waals surface area contributed by atoms with Gasteiger partial charge in [-0.2, -0.15) is 9.67 Å². The predicted octanol–water partition coefficient (Wildman–Crippen LogP) is 4.16. The molecule has 0 spiro atoms. The molecule has 0 saturated carbocycles. The summed E-state index contributed by atoms with van der Waals surface area (Å²) in [6.07, 6.45) is 0. The molecule has 0 aliphatic heterocycles. The molecule has 1 heterocycles. The zero-order chi connectivity index (χ0) is 22.5. The van der Waals surface area contributed by atoms with Gasteiger partial charge in [-0.1, -0.05) is 42.5 Å². The van der Waals surface area contributed by atoms with Crippen molar-refractivity contribution in [3.8, 4) is 17.1 Å². The minimum absolute atomic E-state index is 0.0774. The summed E-state index contributed by atoms with van der Waals surface area (Å²) >= 11 is 0. The molecule has 1 aromatic heterocycles. The van der Waals surface area contributed by atoms with Crippen LogP contribution >= 0.6 is 0 Å². The Balaban J connectivity index is 1.74. The van der Waals surface area contributed by atoms with E-state index in [2.05, 4.69) is 15.4 Å². The monoisotopic (exact) mass is 429 g/mol. The van der Waals surface area contributed by atoms with E-state index in [1.807, 2.05) is 30.3 Å². The molecule has 3 aromatic carbocycles. The van der Waals surface area contributed by atoms with E-state index in [1.54, 1.807) is 37.4 Å². The van der Waals surface area contributed by atoms with Crippen molar-refractivity contribution < 1.29 is 14.5 Å². The molecule has 4 aromatic rings. The van der Waals surface area contributed by atoms with Crippen LogP contribution < -0.4 is 10.1 Å². The molecule has 0 fully saturated rings. The molecule has 9 nitrogen and oxygen atoms in total. The third-order valence-electron chi connectivity index (χ3n) is 4.77. The highest BCUT2D eigenvalue weighted by molar-refractivity contribution is 6.00. The van der Waals surface area contributed by atoms with Crippen molar-refractivity contribution in [2.45, 2.75) is 6.54 Å². The van der Waals surface area contributed by atoms with Gasteiger partial charge in [0, 0.05) is 18.2 Å². The molecule has 0 saturated heterocycles. The number of nitro benzene ring substituents is 1. The zero-order valence-electron chi connectivity index (χ0n) is 17.1. The number of carbonyl (C=O) groups excluding carboxylic acids is 1. The van der Waals surface area contributed by atoms with Gasteiger partial charge < -0.3 is 10.1 Å². The molecule has 160 valence electrons. The first-order chi connectivity index (χ1) is 15.6. The largest absolute Gasteiger partial charge is 0.497 e. The van der Waals surface area contributed by atoms with Crippen LogP contribution in [0.3, 0.4) is 0 Å². The van der Waals surface area contributed by atoms with Gasteiger partial charge in [-0.15, -0.1) is 5.10 Å². The lowest BCUT2D eigenvalue weighted by atomic mass is 10.1. The first-order valence-electron chi connectivity index (χ1n) is 9.74. The van der Waals surface area contributed by atoms with Gasteiger partial charge in [0.2, 0.25) is 5.95 Å². The van der Waals surface area contributed by atoms with Gasteiger partial charge in [0.05, 0.1) is 12.0 Å². The Morgan fingerprint density at radius 2 is 1.72 bits per heavy atom. The zero-order valence-corrected chi connectivity index (χ0v) is 17.1. The summed E-state index contributed by atoms with van der Waals surface area (Å²) in [6, 6.07) is 22.4. The van der Waals surface area contributed by atoms with Crippen molar-refractivity contribution in [2.75, 3.05) is 12.4 Å². The van der Waals surface area contributed by atoms with Gasteiger partial charge >= 0.3 is 0 Å². The summed E-state index contributed by atoms with van der Waals surface area (Å²) < 4.78 is 6.24. The Kier molecular flexibility index (Phi) is 5.89. The molecule has 9 heteroatoms. The van der Waals surface area contributed by atoms with Crippen molar-refractivity contribution in [3.63, 3.8) is 0 Å². The summed E-state index contributed by atoms with van der Waals surface area (Å²) in [6.45, 7) is 0.395. The third-order valence-corrected chi connectivity index (χ3v) is 4.77. The Bertz CT molecular complexity index is 1250. The molecule has 0 radical (unpaired) electrons. The molecular weight excluding hydrogens is 410 g/mol. The van der Waals surface area contributed by atoms with Crippen LogP contribution in [-0.4, -0.2) is 32.7 Å². The maximum absolute atomic E-state index is 13.2. The highest BCUT2D eigenvalue weighted by atomic mass is 16.6. The van der Waals surface area contributed by atoms with E-state index < -0.39 is 10.8 Å². The van der Waals surface area contributed by atoms with E-state index in [9.17, 15) is 14.9 Å². The maximum atomic E-state index is 13.2. The second-order valence-corrected chi connectivity index (χ2v) is 6.82. The van der Waals surface area contributed by atoms with Gasteiger partial charge in [-0.25, -0.2) is 0 Å². The standard InChI is InChI=1S/C23H19N5O4/c1-32-18-13-11-17(12-14-18)21-25-23(24-15-16-7-3-2-4-8-16)27(26-21)22(29)19-9-5-6-10-20(19)28(30)31/h2-14H,15H2,1H3,(H,24,25,26). The molecule has 0 aliphatic rings. The Labute approximate surface area is 183 Å². The van der Waals surface area contributed by atoms with Crippen molar-refractivity contribution in [1.29, 1.82) is 0 Å². The lowest BCUT2D eigenvalue weighted by Gasteiger charge is -2.07. The molecule has 32 heavy (non-hydrogen) atoms. The molecule has 4 rings (SSSR count). The van der Waals surface area contributed by atoms with Crippen LogP contribution in [0.4, 0.5) is 11.6 Å². The summed E-state index contributed by atoms with van der Waals surface area (Å²) in [5, 5.41) is 18.9. The minimum Gasteiger partial charge on any atom is -0.497 e. The second kappa shape index (κ2) is 9.09. The second-order valence-electron chi connectivity index (χ2n) is 6.82. The van der Waals surface area contributed by atoms with Crippen molar-refractivity contribution in [1.82, 2.24) is 14.8 Å². The van der Waals surface area contributed by atoms with Crippen LogP contribution in [0.15, 0.2) is 78.9 Å². The van der Waals surface area contributed by atoms with Crippen molar-refractivity contribution >= 4 is 17.5 Å². The highest BCUT2D eigenvalue weighted by Crippen LogP contribution is 2.24. The number of aromatic nitrogens is 3. The van der Waals surface area contributed by atoms with Crippen LogP contribution in [0.25, 0.3) is 11.4 Å². The van der Waals surface area contributed by atoms with Gasteiger partial charge in [0.1, 0.15) is 11.3 Å². The van der Waals surface area contributed by atoms with Gasteiger partial charge in [0.15, 0.2) is 5.82 Å². The van der Waals surface area contributed by atoms with E-state index >= 15 is 0 Å². The molecule has 0 bridgehead atoms. The van der Waals surface area contributed by atoms with Crippen LogP contribution in [0.5, 0.6) is 5.75 Å². The highest BCUT2D eigenvalue weighted by Gasteiger charge is 2.25. The van der Waals surface area contributed by atoms with E-state index in [0.29, 0.717) is 23.7 Å². The van der Waals surface area contributed by atoms with Gasteiger partial charge in [0.25, 0.3) is 11.6 Å². The Hall–Kier alpha value is -4.53. The quantitative estimate of drug-likeness (QED) is 0.347. The van der Waals surface area contributed by atoms with Crippen LogP contribution in [-0.2, 0) is 6.54 Å². The fourth-order valence-corrected chi connectivity index (χ4v) is 3.14. The summed E-state index contributed by atoms with van der Waals surface area (Å²) in [4.78, 5) is 28.6. The average Bonchev–Trinajstić information content (AvgIpc) is 3.27. The third kappa shape index (κ3) is 4.31. The van der Waals surface area contributed by atoms with Crippen LogP contribution in [0.2, 0.25) is 0 Å². The molecule has 0 aliphatic carbocycles. The number of anilines is 1. The van der Waals surface area contributed by atoms with E-state index in [1.165, 1.54) is 18.2 Å². The first-order valence-corrected chi connectivity index (χ1v) is 9.74. The SMILES string of the molecule is COc1ccc(-c2nc(NCc3ccccc3)n(C(=O)c3ccccc3[N+](=O)[O-])n2)cc1. The number of para-hydroxylation sites is 1. The van der Waals surface area contributed by atoms with Crippen molar-refractivity contribution in [2.24, 2.45) is 0 Å². The number of rotatable bonds is 7. The number of nitrogens with one attached hydrogen (secondary N) is 1. The number of methoxy groups -OCH3 is 1. The number of hydrogen-bond donors (Lipinski definition) is 1. The van der Waals surface area contributed by atoms with Crippen LogP contribution in [0, 0.1) is 10.1 Å². The van der Waals surface area contributed by atoms with E-state index in [-0.39, 0.29) is 17.2 Å². The maximum Gasteiger partial charge on any atom is 0.288 e. The number of nitrogens with zero attached hydrogens (tertiary/aromatic N) is 4. The fourth-order valence-electron chi connectivity index (χ4n) is 3.14. The lowest BCUT2D eigenvalue weighted by Crippen LogP contribution is -2.18. The number of benzene rings is 3. The molecule has 0 atom stereocenters. The lowest BCUT2D eigenvalue weighted by molar-refractivity contribution is -0.385. The first kappa shape index (κ1) is 20.7. The number of nitro groups is 1. The fraction of sp³-hybridized carbons (Fsp3) is 0.0870. The average molecular weight is 429 g/mol. The smallest absolute Gasteiger partial charge is 0.288 e. The van der Waals surface area contributed by atoms with E-state index in [4.69, 9.17) is 4.74 Å². The van der Waals surface area contributed by atoms with Crippen molar-refractivity contribution in [3.05, 3.63) is 100 Å². The number of hydrogen-bond acceptors (Lipinski definition) is 7. The summed E-state index contributed by atoms with van der Waals surface area (Å²) in [5.41, 5.74) is 1.27. The van der Waals surface area contributed by atoms with E-state index in [0.717, 1.165) is 10.2 Å². The van der Waals surface area contributed by atoms with Gasteiger partial charge in [-0.05, 0) is 35.9 Å². The normalized spacial score (nSPS) is 10.5. The molecule has 0 amide bonds. The topological polar surface area (TPSA) is 112 Å². The number of ether oxygens (including phenoxy) is 1. The predicted molar refractivity (Wildman–Crippen MR) is 119 cm³/mol. The van der Waals surface area contributed by atoms with Crippen LogP contribution in [0.1, 0.15) is 15.9 Å². The molecule has 1 N–H and O–H groups in total. The molecule has 0 unspecified atom stereocenters. The number of carbonyl (C=O) groups is 1. The molecular formula is C23H19N5O4.